The van der Waals surface area contributed by atoms with Crippen molar-refractivity contribution in [3.63, 3.8) is 0 Å². The van der Waals surface area contributed by atoms with Gasteiger partial charge in [0.1, 0.15) is 0 Å². The molecule has 0 aliphatic rings. The van der Waals surface area contributed by atoms with Crippen molar-refractivity contribution in [1.82, 2.24) is 0 Å². The quantitative estimate of drug-likeness (QED) is 0.567. The lowest BCUT2D eigenvalue weighted by atomic mass is 10.6. The Kier molecular flexibility index (Phi) is 4.77. The molecule has 0 rings (SSSR count). The molecule has 0 fully saturated rings. The summed E-state index contributed by atoms with van der Waals surface area (Å²) in [6.07, 6.45) is 5.94. The standard InChI is InChI=1S/C7H17ClS/c1-4-9(2,3)7-5-6-8/h4-7H2,1-3H3. The van der Waals surface area contributed by atoms with Crippen LogP contribution in [0.15, 0.2) is 0 Å². The third kappa shape index (κ3) is 5.10. The molecule has 0 aromatic rings. The highest BCUT2D eigenvalue weighted by Gasteiger charge is 2.06. The molecule has 2 heteroatoms. The molecule has 0 aromatic carbocycles. The molecule has 0 saturated heterocycles. The molecular weight excluding hydrogens is 152 g/mol. The highest BCUT2D eigenvalue weighted by Crippen LogP contribution is 2.39. The number of rotatable bonds is 4. The lowest BCUT2D eigenvalue weighted by Gasteiger charge is -2.28. The topological polar surface area (TPSA) is 0 Å². The second kappa shape index (κ2) is 4.45. The van der Waals surface area contributed by atoms with Crippen molar-refractivity contribution >= 4 is 21.6 Å². The van der Waals surface area contributed by atoms with Crippen LogP contribution in [0.1, 0.15) is 13.3 Å². The lowest BCUT2D eigenvalue weighted by Crippen LogP contribution is -2.03. The van der Waals surface area contributed by atoms with Crippen LogP contribution in [0, 0.1) is 0 Å². The Balaban J connectivity index is 3.33. The van der Waals surface area contributed by atoms with Crippen LogP contribution >= 0.6 is 21.6 Å². The summed E-state index contributed by atoms with van der Waals surface area (Å²) in [5.41, 5.74) is 0. The molecule has 0 nitrogen and oxygen atoms in total. The van der Waals surface area contributed by atoms with Crippen LogP contribution in [0.3, 0.4) is 0 Å². The zero-order chi connectivity index (χ0) is 7.33. The first-order valence-corrected chi connectivity index (χ1v) is 6.69. The fourth-order valence-electron chi connectivity index (χ4n) is 0.590. The smallest absolute Gasteiger partial charge is 0.0230 e. The van der Waals surface area contributed by atoms with Crippen LogP contribution in [-0.2, 0) is 0 Å². The minimum Gasteiger partial charge on any atom is -0.247 e. The Morgan fingerprint density at radius 2 is 1.89 bits per heavy atom. The molecular formula is C7H17ClS. The first kappa shape index (κ1) is 9.64. The van der Waals surface area contributed by atoms with E-state index in [0.717, 1.165) is 5.88 Å². The summed E-state index contributed by atoms with van der Waals surface area (Å²) in [4.78, 5) is 0. The van der Waals surface area contributed by atoms with Gasteiger partial charge in [-0.25, -0.2) is 10.0 Å². The van der Waals surface area contributed by atoms with Crippen LogP contribution in [0.5, 0.6) is 0 Å². The molecule has 0 amide bonds. The van der Waals surface area contributed by atoms with Gasteiger partial charge >= 0.3 is 0 Å². The monoisotopic (exact) mass is 168 g/mol. The SMILES string of the molecule is CCS(C)(C)CCCCl. The zero-order valence-corrected chi connectivity index (χ0v) is 8.19. The lowest BCUT2D eigenvalue weighted by molar-refractivity contribution is 1.10. The van der Waals surface area contributed by atoms with Crippen LogP contribution in [0.25, 0.3) is 0 Å². The maximum absolute atomic E-state index is 5.58. The van der Waals surface area contributed by atoms with E-state index in [1.165, 1.54) is 17.9 Å². The van der Waals surface area contributed by atoms with E-state index < -0.39 is 0 Å². The van der Waals surface area contributed by atoms with Gasteiger partial charge in [-0.15, -0.1) is 11.6 Å². The molecule has 0 spiro atoms. The Labute approximate surface area is 65.3 Å². The van der Waals surface area contributed by atoms with E-state index in [-0.39, 0.29) is 10.0 Å². The molecule has 0 aliphatic carbocycles. The van der Waals surface area contributed by atoms with Gasteiger partial charge in [-0.3, -0.25) is 0 Å². The van der Waals surface area contributed by atoms with Crippen molar-refractivity contribution in [2.75, 3.05) is 29.9 Å². The molecule has 0 aromatic heterocycles. The van der Waals surface area contributed by atoms with Crippen molar-refractivity contribution in [2.45, 2.75) is 13.3 Å². The molecule has 0 aliphatic heterocycles. The van der Waals surface area contributed by atoms with Crippen molar-refractivity contribution in [1.29, 1.82) is 0 Å². The summed E-state index contributed by atoms with van der Waals surface area (Å²) in [5, 5.41) is 0. The van der Waals surface area contributed by atoms with Crippen LogP contribution in [0.4, 0.5) is 0 Å². The van der Waals surface area contributed by atoms with E-state index in [0.29, 0.717) is 0 Å². The first-order valence-electron chi connectivity index (χ1n) is 3.37. The van der Waals surface area contributed by atoms with E-state index in [1.54, 1.807) is 0 Å². The normalized spacial score (nSPS) is 13.8. The number of alkyl halides is 1. The minimum atomic E-state index is -0.266. The predicted molar refractivity (Wildman–Crippen MR) is 50.2 cm³/mol. The van der Waals surface area contributed by atoms with E-state index in [9.17, 15) is 0 Å². The van der Waals surface area contributed by atoms with Gasteiger partial charge in [0.25, 0.3) is 0 Å². The Morgan fingerprint density at radius 3 is 2.22 bits per heavy atom. The fraction of sp³-hybridized carbons (Fsp3) is 1.00. The third-order valence-electron chi connectivity index (χ3n) is 1.61. The van der Waals surface area contributed by atoms with E-state index in [4.69, 9.17) is 11.6 Å². The summed E-state index contributed by atoms with van der Waals surface area (Å²) < 4.78 is 0. The largest absolute Gasteiger partial charge is 0.247 e. The van der Waals surface area contributed by atoms with E-state index in [1.807, 2.05) is 0 Å². The van der Waals surface area contributed by atoms with Gasteiger partial charge in [-0.05, 0) is 30.4 Å². The van der Waals surface area contributed by atoms with Crippen molar-refractivity contribution in [3.8, 4) is 0 Å². The zero-order valence-electron chi connectivity index (χ0n) is 6.61. The summed E-state index contributed by atoms with van der Waals surface area (Å²) in [6.45, 7) is 2.27. The molecule has 0 unspecified atom stereocenters. The molecule has 0 heterocycles. The van der Waals surface area contributed by atoms with Gasteiger partial charge in [0, 0.05) is 5.88 Å². The Morgan fingerprint density at radius 1 is 1.33 bits per heavy atom. The maximum Gasteiger partial charge on any atom is 0.0230 e. The van der Waals surface area contributed by atoms with Crippen LogP contribution in [0.2, 0.25) is 0 Å². The van der Waals surface area contributed by atoms with Crippen molar-refractivity contribution in [3.05, 3.63) is 0 Å². The molecule has 0 radical (unpaired) electrons. The van der Waals surface area contributed by atoms with Gasteiger partial charge in [-0.1, -0.05) is 6.92 Å². The summed E-state index contributed by atoms with van der Waals surface area (Å²) >= 11 is 5.58. The average Bonchev–Trinajstić information content (AvgIpc) is 1.84. The van der Waals surface area contributed by atoms with Gasteiger partial charge < -0.3 is 0 Å². The van der Waals surface area contributed by atoms with E-state index in [2.05, 4.69) is 19.4 Å². The van der Waals surface area contributed by atoms with E-state index >= 15 is 0 Å². The van der Waals surface area contributed by atoms with Crippen LogP contribution in [-0.4, -0.2) is 29.9 Å². The number of halogens is 1. The van der Waals surface area contributed by atoms with Crippen molar-refractivity contribution < 1.29 is 0 Å². The summed E-state index contributed by atoms with van der Waals surface area (Å²) in [7, 11) is -0.266. The third-order valence-corrected chi connectivity index (χ3v) is 4.84. The summed E-state index contributed by atoms with van der Waals surface area (Å²) in [5.74, 6) is 3.51. The number of hydrogen-bond donors (Lipinski definition) is 0. The maximum atomic E-state index is 5.58. The van der Waals surface area contributed by atoms with Gasteiger partial charge in [0.05, 0.1) is 0 Å². The van der Waals surface area contributed by atoms with Crippen LogP contribution < -0.4 is 0 Å². The molecule has 0 N–H and O–H groups in total. The second-order valence-electron chi connectivity index (χ2n) is 2.80. The second-order valence-corrected chi connectivity index (χ2v) is 7.70. The van der Waals surface area contributed by atoms with Gasteiger partial charge in [-0.2, -0.15) is 0 Å². The first-order chi connectivity index (χ1) is 4.12. The highest BCUT2D eigenvalue weighted by molar-refractivity contribution is 8.32. The molecule has 0 atom stereocenters. The number of hydrogen-bond acceptors (Lipinski definition) is 0. The molecule has 0 bridgehead atoms. The average molecular weight is 169 g/mol. The Hall–Kier alpha value is 0.640. The predicted octanol–water partition coefficient (Wildman–Crippen LogP) is 2.70. The summed E-state index contributed by atoms with van der Waals surface area (Å²) in [6, 6.07) is 0. The molecule has 0 saturated carbocycles. The Bertz CT molecular complexity index is 71.3. The molecule has 58 valence electrons. The van der Waals surface area contributed by atoms with Gasteiger partial charge in [0.15, 0.2) is 0 Å². The van der Waals surface area contributed by atoms with Crippen molar-refractivity contribution in [2.24, 2.45) is 0 Å². The van der Waals surface area contributed by atoms with Gasteiger partial charge in [0.2, 0.25) is 0 Å². The molecule has 9 heavy (non-hydrogen) atoms. The fourth-order valence-corrected chi connectivity index (χ4v) is 2.10. The highest BCUT2D eigenvalue weighted by atomic mass is 35.5. The minimum absolute atomic E-state index is 0.266.